The summed E-state index contributed by atoms with van der Waals surface area (Å²) in [5.41, 5.74) is 2.30. The van der Waals surface area contributed by atoms with Crippen molar-refractivity contribution >= 4 is 22.4 Å². The average Bonchev–Trinajstić information content (AvgIpc) is 3.24. The van der Waals surface area contributed by atoms with Crippen molar-refractivity contribution < 1.29 is 9.53 Å². The molecule has 0 bridgehead atoms. The Morgan fingerprint density at radius 1 is 1.36 bits per heavy atom. The summed E-state index contributed by atoms with van der Waals surface area (Å²) >= 11 is 1.47. The van der Waals surface area contributed by atoms with Crippen LogP contribution in [-0.4, -0.2) is 22.7 Å². The summed E-state index contributed by atoms with van der Waals surface area (Å²) in [5, 5.41) is 12.5. The first-order valence-corrected chi connectivity index (χ1v) is 8.27. The summed E-state index contributed by atoms with van der Waals surface area (Å²) in [6, 6.07) is 5.92. The monoisotopic (exact) mass is 317 g/mol. The number of benzene rings is 1. The Kier molecular flexibility index (Phi) is 4.38. The van der Waals surface area contributed by atoms with Crippen LogP contribution < -0.4 is 10.1 Å². The lowest BCUT2D eigenvalue weighted by molar-refractivity contribution is -0.116. The van der Waals surface area contributed by atoms with E-state index in [0.29, 0.717) is 24.1 Å². The Morgan fingerprint density at radius 2 is 2.18 bits per heavy atom. The number of nitrogens with zero attached hydrogens (tertiary/aromatic N) is 2. The molecular weight excluding hydrogens is 298 g/mol. The maximum absolute atomic E-state index is 11.9. The molecule has 0 aliphatic heterocycles. The lowest BCUT2D eigenvalue weighted by atomic mass is 10.1. The van der Waals surface area contributed by atoms with Crippen molar-refractivity contribution in [1.29, 1.82) is 0 Å². The van der Waals surface area contributed by atoms with Crippen molar-refractivity contribution in [2.75, 3.05) is 11.9 Å². The molecule has 1 aliphatic rings. The molecule has 3 rings (SSSR count). The van der Waals surface area contributed by atoms with Gasteiger partial charge in [-0.2, -0.15) is 0 Å². The van der Waals surface area contributed by atoms with Gasteiger partial charge in [-0.3, -0.25) is 4.79 Å². The number of anilines is 1. The van der Waals surface area contributed by atoms with Gasteiger partial charge >= 0.3 is 0 Å². The molecule has 1 aromatic heterocycles. The lowest BCUT2D eigenvalue weighted by Crippen LogP contribution is -2.15. The number of ether oxygens (including phenoxy) is 1. The molecule has 0 atom stereocenters. The predicted octanol–water partition coefficient (Wildman–Crippen LogP) is 3.44. The third-order valence-electron chi connectivity index (χ3n) is 3.76. The van der Waals surface area contributed by atoms with E-state index in [4.69, 9.17) is 4.74 Å². The largest absolute Gasteiger partial charge is 0.493 e. The number of carbonyl (C=O) groups excluding carboxylic acids is 1. The minimum absolute atomic E-state index is 0.0937. The van der Waals surface area contributed by atoms with Gasteiger partial charge in [0.15, 0.2) is 0 Å². The number of hydrogen-bond acceptors (Lipinski definition) is 5. The molecule has 22 heavy (non-hydrogen) atoms. The molecule has 1 fully saturated rings. The number of aryl methyl sites for hydroxylation is 1. The average molecular weight is 317 g/mol. The standard InChI is InChI=1S/C16H19N3O2S/c1-10-4-3-5-13(11(10)2)21-9-8-14(20)17-16-19-18-15(22-16)12-6-7-12/h3-5,12H,6-9H2,1-2H3,(H,17,19,20). The van der Waals surface area contributed by atoms with Crippen molar-refractivity contribution in [1.82, 2.24) is 10.2 Å². The van der Waals surface area contributed by atoms with E-state index in [-0.39, 0.29) is 5.91 Å². The number of hydrogen-bond donors (Lipinski definition) is 1. The smallest absolute Gasteiger partial charge is 0.229 e. The predicted molar refractivity (Wildman–Crippen MR) is 86.5 cm³/mol. The molecule has 0 saturated heterocycles. The zero-order valence-corrected chi connectivity index (χ0v) is 13.6. The van der Waals surface area contributed by atoms with Crippen LogP contribution in [-0.2, 0) is 4.79 Å². The number of carbonyl (C=O) groups is 1. The molecule has 1 aromatic carbocycles. The summed E-state index contributed by atoms with van der Waals surface area (Å²) in [5.74, 6) is 1.30. The fraction of sp³-hybridized carbons (Fsp3) is 0.438. The van der Waals surface area contributed by atoms with Gasteiger partial charge in [-0.1, -0.05) is 23.5 Å². The van der Waals surface area contributed by atoms with Crippen LogP contribution in [0.1, 0.15) is 41.3 Å². The zero-order valence-electron chi connectivity index (χ0n) is 12.8. The molecular formula is C16H19N3O2S. The highest BCUT2D eigenvalue weighted by Crippen LogP contribution is 2.42. The molecule has 1 N–H and O–H groups in total. The minimum atomic E-state index is -0.0937. The van der Waals surface area contributed by atoms with Gasteiger partial charge in [0.1, 0.15) is 10.8 Å². The molecule has 5 nitrogen and oxygen atoms in total. The van der Waals surface area contributed by atoms with E-state index in [0.717, 1.165) is 16.3 Å². The van der Waals surface area contributed by atoms with Crippen LogP contribution in [0.15, 0.2) is 18.2 Å². The van der Waals surface area contributed by atoms with Crippen LogP contribution >= 0.6 is 11.3 Å². The molecule has 6 heteroatoms. The Labute approximate surface area is 133 Å². The Hall–Kier alpha value is -1.95. The quantitative estimate of drug-likeness (QED) is 0.886. The highest BCUT2D eigenvalue weighted by molar-refractivity contribution is 7.15. The highest BCUT2D eigenvalue weighted by atomic mass is 32.1. The first-order valence-electron chi connectivity index (χ1n) is 7.46. The number of rotatable bonds is 6. The second kappa shape index (κ2) is 6.44. The van der Waals surface area contributed by atoms with Gasteiger partial charge < -0.3 is 10.1 Å². The fourth-order valence-corrected chi connectivity index (χ4v) is 3.02. The van der Waals surface area contributed by atoms with Gasteiger partial charge in [0.05, 0.1) is 13.0 Å². The first-order chi connectivity index (χ1) is 10.6. The second-order valence-electron chi connectivity index (χ2n) is 5.56. The molecule has 1 aliphatic carbocycles. The van der Waals surface area contributed by atoms with Crippen LogP contribution in [0, 0.1) is 13.8 Å². The Morgan fingerprint density at radius 3 is 2.95 bits per heavy atom. The summed E-state index contributed by atoms with van der Waals surface area (Å²) in [7, 11) is 0. The van der Waals surface area contributed by atoms with E-state index in [1.807, 2.05) is 32.0 Å². The highest BCUT2D eigenvalue weighted by Gasteiger charge is 2.27. The van der Waals surface area contributed by atoms with Crippen LogP contribution in [0.4, 0.5) is 5.13 Å². The molecule has 1 amide bonds. The van der Waals surface area contributed by atoms with Crippen molar-refractivity contribution in [3.05, 3.63) is 34.3 Å². The molecule has 116 valence electrons. The van der Waals surface area contributed by atoms with Gasteiger partial charge in [-0.05, 0) is 43.9 Å². The van der Waals surface area contributed by atoms with Crippen molar-refractivity contribution in [2.45, 2.75) is 39.0 Å². The third kappa shape index (κ3) is 3.62. The molecule has 0 spiro atoms. The van der Waals surface area contributed by atoms with Gasteiger partial charge in [-0.15, -0.1) is 10.2 Å². The minimum Gasteiger partial charge on any atom is -0.493 e. The van der Waals surface area contributed by atoms with E-state index in [1.165, 1.54) is 29.7 Å². The van der Waals surface area contributed by atoms with Crippen LogP contribution in [0.2, 0.25) is 0 Å². The molecule has 0 unspecified atom stereocenters. The van der Waals surface area contributed by atoms with E-state index in [1.54, 1.807) is 0 Å². The molecule has 1 heterocycles. The van der Waals surface area contributed by atoms with Crippen LogP contribution in [0.5, 0.6) is 5.75 Å². The van der Waals surface area contributed by atoms with Gasteiger partial charge in [-0.25, -0.2) is 0 Å². The molecule has 0 radical (unpaired) electrons. The number of nitrogens with one attached hydrogen (secondary N) is 1. The first kappa shape index (κ1) is 15.0. The van der Waals surface area contributed by atoms with Crippen molar-refractivity contribution in [3.8, 4) is 5.75 Å². The maximum Gasteiger partial charge on any atom is 0.229 e. The number of aromatic nitrogens is 2. The van der Waals surface area contributed by atoms with Gasteiger partial charge in [0.25, 0.3) is 0 Å². The van der Waals surface area contributed by atoms with E-state index >= 15 is 0 Å². The van der Waals surface area contributed by atoms with Crippen molar-refractivity contribution in [3.63, 3.8) is 0 Å². The zero-order chi connectivity index (χ0) is 15.5. The SMILES string of the molecule is Cc1cccc(OCCC(=O)Nc2nnc(C3CC3)s2)c1C. The van der Waals surface area contributed by atoms with Gasteiger partial charge in [0, 0.05) is 5.92 Å². The maximum atomic E-state index is 11.9. The van der Waals surface area contributed by atoms with E-state index in [9.17, 15) is 4.79 Å². The van der Waals surface area contributed by atoms with E-state index in [2.05, 4.69) is 15.5 Å². The lowest BCUT2D eigenvalue weighted by Gasteiger charge is -2.10. The summed E-state index contributed by atoms with van der Waals surface area (Å²) in [6.07, 6.45) is 2.67. The fourth-order valence-electron chi connectivity index (χ4n) is 2.10. The van der Waals surface area contributed by atoms with Crippen molar-refractivity contribution in [2.24, 2.45) is 0 Å². The second-order valence-corrected chi connectivity index (χ2v) is 6.57. The molecule has 1 saturated carbocycles. The van der Waals surface area contributed by atoms with Crippen LogP contribution in [0.25, 0.3) is 0 Å². The van der Waals surface area contributed by atoms with Gasteiger partial charge in [0.2, 0.25) is 11.0 Å². The normalized spacial score (nSPS) is 13.9. The Bertz CT molecular complexity index is 680. The summed E-state index contributed by atoms with van der Waals surface area (Å²) in [4.78, 5) is 11.9. The Balaban J connectivity index is 1.46. The van der Waals surface area contributed by atoms with Crippen LogP contribution in [0.3, 0.4) is 0 Å². The summed E-state index contributed by atoms with van der Waals surface area (Å²) < 4.78 is 5.69. The summed E-state index contributed by atoms with van der Waals surface area (Å²) in [6.45, 7) is 4.41. The topological polar surface area (TPSA) is 64.1 Å². The molecule has 2 aromatic rings. The third-order valence-corrected chi connectivity index (χ3v) is 4.76. The van der Waals surface area contributed by atoms with E-state index < -0.39 is 0 Å². The number of amides is 1.